The number of thiazole rings is 1. The van der Waals surface area contributed by atoms with E-state index in [0.29, 0.717) is 22.1 Å². The van der Waals surface area contributed by atoms with Gasteiger partial charge < -0.3 is 5.32 Å². The number of urea groups is 1. The lowest BCUT2D eigenvalue weighted by molar-refractivity contribution is -0.141. The van der Waals surface area contributed by atoms with E-state index in [1.54, 1.807) is 18.5 Å². The molecule has 1 fully saturated rings. The van der Waals surface area contributed by atoms with Gasteiger partial charge >= 0.3 is 12.2 Å². The van der Waals surface area contributed by atoms with Crippen molar-refractivity contribution in [1.82, 2.24) is 19.7 Å². The summed E-state index contributed by atoms with van der Waals surface area (Å²) in [4.78, 5) is 20.2. The van der Waals surface area contributed by atoms with Crippen LogP contribution in [0.2, 0.25) is 0 Å². The van der Waals surface area contributed by atoms with Gasteiger partial charge in [0.25, 0.3) is 0 Å². The molecule has 0 unspecified atom stereocenters. The zero-order valence-corrected chi connectivity index (χ0v) is 15.4. The van der Waals surface area contributed by atoms with Gasteiger partial charge in [-0.3, -0.25) is 5.32 Å². The van der Waals surface area contributed by atoms with E-state index in [9.17, 15) is 18.0 Å². The van der Waals surface area contributed by atoms with Gasteiger partial charge in [-0.2, -0.15) is 18.3 Å². The Morgan fingerprint density at radius 1 is 1.25 bits per heavy atom. The molecule has 0 spiro atoms. The maximum absolute atomic E-state index is 13.0. The van der Waals surface area contributed by atoms with Crippen molar-refractivity contribution in [2.75, 3.05) is 10.6 Å². The molecule has 2 N–H and O–H groups in total. The van der Waals surface area contributed by atoms with Crippen LogP contribution in [0.25, 0.3) is 5.82 Å². The second kappa shape index (κ2) is 6.89. The highest BCUT2D eigenvalue weighted by atomic mass is 32.1. The molecule has 0 bridgehead atoms. The molecule has 1 aliphatic rings. The number of anilines is 2. The molecule has 28 heavy (non-hydrogen) atoms. The fraction of sp³-hybridized carbons (Fsp3) is 0.294. The van der Waals surface area contributed by atoms with Crippen molar-refractivity contribution in [3.05, 3.63) is 47.0 Å². The van der Waals surface area contributed by atoms with Crippen LogP contribution in [0.3, 0.4) is 0 Å². The fourth-order valence-electron chi connectivity index (χ4n) is 2.66. The molecule has 0 aliphatic heterocycles. The third-order valence-electron chi connectivity index (χ3n) is 4.22. The average molecular weight is 408 g/mol. The molecule has 0 radical (unpaired) electrons. The summed E-state index contributed by atoms with van der Waals surface area (Å²) in [6, 6.07) is 3.70. The lowest BCUT2D eigenvalue weighted by Crippen LogP contribution is -2.19. The molecule has 0 atom stereocenters. The van der Waals surface area contributed by atoms with E-state index < -0.39 is 17.9 Å². The molecule has 146 valence electrons. The zero-order valence-electron chi connectivity index (χ0n) is 14.6. The molecule has 7 nitrogen and oxygen atoms in total. The van der Waals surface area contributed by atoms with Gasteiger partial charge in [0.1, 0.15) is 5.00 Å². The van der Waals surface area contributed by atoms with E-state index in [0.717, 1.165) is 18.9 Å². The number of hydrogen-bond donors (Lipinski definition) is 2. The summed E-state index contributed by atoms with van der Waals surface area (Å²) in [6.07, 6.45) is -1.47. The van der Waals surface area contributed by atoms with E-state index in [-0.39, 0.29) is 11.7 Å². The smallest absolute Gasteiger partial charge is 0.306 e. The summed E-state index contributed by atoms with van der Waals surface area (Å²) in [7, 11) is 0. The third-order valence-corrected chi connectivity index (χ3v) is 5.06. The minimum absolute atomic E-state index is 0.0663. The largest absolute Gasteiger partial charge is 0.435 e. The van der Waals surface area contributed by atoms with Gasteiger partial charge in [0.05, 0.1) is 23.1 Å². The third kappa shape index (κ3) is 3.84. The maximum atomic E-state index is 13.0. The minimum Gasteiger partial charge on any atom is -0.306 e. The minimum atomic E-state index is -4.51. The van der Waals surface area contributed by atoms with E-state index in [1.165, 1.54) is 28.3 Å². The van der Waals surface area contributed by atoms with Crippen LogP contribution in [0.4, 0.5) is 28.7 Å². The van der Waals surface area contributed by atoms with Crippen LogP contribution in [0, 0.1) is 6.92 Å². The Morgan fingerprint density at radius 3 is 2.61 bits per heavy atom. The molecule has 0 aromatic carbocycles. The molecular formula is C17H15F3N6OS. The number of nitrogens with zero attached hydrogens (tertiary/aromatic N) is 4. The average Bonchev–Trinajstić information content (AvgIpc) is 3.25. The first-order chi connectivity index (χ1) is 13.3. The van der Waals surface area contributed by atoms with Crippen LogP contribution in [0.1, 0.15) is 35.8 Å². The van der Waals surface area contributed by atoms with Gasteiger partial charge in [0.15, 0.2) is 11.5 Å². The Balaban J connectivity index is 1.51. The molecule has 2 amide bonds. The van der Waals surface area contributed by atoms with E-state index in [1.807, 2.05) is 0 Å². The zero-order chi connectivity index (χ0) is 19.9. The summed E-state index contributed by atoms with van der Waals surface area (Å²) in [5, 5.41) is 9.61. The lowest BCUT2D eigenvalue weighted by Gasteiger charge is -2.09. The van der Waals surface area contributed by atoms with Crippen LogP contribution < -0.4 is 10.6 Å². The van der Waals surface area contributed by atoms with Gasteiger partial charge in [-0.1, -0.05) is 0 Å². The number of pyridine rings is 1. The highest BCUT2D eigenvalue weighted by molar-refractivity contribution is 7.14. The van der Waals surface area contributed by atoms with E-state index in [4.69, 9.17) is 0 Å². The topological polar surface area (TPSA) is 84.7 Å². The first-order valence-electron chi connectivity index (χ1n) is 8.43. The second-order valence-corrected chi connectivity index (χ2v) is 7.24. The molecule has 1 saturated carbocycles. The Kier molecular flexibility index (Phi) is 4.53. The number of rotatable bonds is 4. The Hall–Kier alpha value is -2.95. The van der Waals surface area contributed by atoms with Crippen molar-refractivity contribution in [3.8, 4) is 5.82 Å². The number of amides is 2. The van der Waals surface area contributed by atoms with Crippen LogP contribution in [0.5, 0.6) is 0 Å². The Bertz CT molecular complexity index is 1010. The quantitative estimate of drug-likeness (QED) is 0.662. The summed E-state index contributed by atoms with van der Waals surface area (Å²) < 4.78 is 40.3. The summed E-state index contributed by atoms with van der Waals surface area (Å²) in [6.45, 7) is 1.78. The predicted molar refractivity (Wildman–Crippen MR) is 97.8 cm³/mol. The van der Waals surface area contributed by atoms with Crippen molar-refractivity contribution < 1.29 is 18.0 Å². The van der Waals surface area contributed by atoms with Crippen molar-refractivity contribution in [2.24, 2.45) is 0 Å². The number of carbonyl (C=O) groups excluding carboxylic acids is 1. The number of aryl methyl sites for hydroxylation is 1. The van der Waals surface area contributed by atoms with Crippen molar-refractivity contribution in [3.63, 3.8) is 0 Å². The molecule has 0 saturated heterocycles. The predicted octanol–water partition coefficient (Wildman–Crippen LogP) is 4.57. The number of nitrogens with one attached hydrogen (secondary N) is 2. The molecule has 4 rings (SSSR count). The van der Waals surface area contributed by atoms with Gasteiger partial charge in [-0.05, 0) is 38.0 Å². The van der Waals surface area contributed by atoms with Crippen molar-refractivity contribution >= 4 is 28.1 Å². The van der Waals surface area contributed by atoms with Gasteiger partial charge in [-0.25, -0.2) is 19.4 Å². The lowest BCUT2D eigenvalue weighted by atomic mass is 10.2. The van der Waals surface area contributed by atoms with Crippen LogP contribution in [-0.4, -0.2) is 25.8 Å². The fourth-order valence-corrected chi connectivity index (χ4v) is 3.35. The van der Waals surface area contributed by atoms with Gasteiger partial charge in [0, 0.05) is 11.6 Å². The van der Waals surface area contributed by atoms with Crippen molar-refractivity contribution in [1.29, 1.82) is 0 Å². The normalized spacial score (nSPS) is 14.1. The van der Waals surface area contributed by atoms with Crippen molar-refractivity contribution in [2.45, 2.75) is 31.9 Å². The highest BCUT2D eigenvalue weighted by Gasteiger charge is 2.38. The first-order valence-corrected chi connectivity index (χ1v) is 9.31. The van der Waals surface area contributed by atoms with E-state index in [2.05, 4.69) is 25.7 Å². The number of halogens is 3. The monoisotopic (exact) mass is 408 g/mol. The summed E-state index contributed by atoms with van der Waals surface area (Å²) >= 11 is 1.30. The van der Waals surface area contributed by atoms with Gasteiger partial charge in [-0.15, -0.1) is 11.3 Å². The molecular weight excluding hydrogens is 393 g/mol. The van der Waals surface area contributed by atoms with E-state index >= 15 is 0 Å². The molecule has 3 aromatic heterocycles. The number of carbonyl (C=O) groups is 1. The molecule has 3 heterocycles. The Morgan fingerprint density at radius 2 is 2.04 bits per heavy atom. The molecule has 11 heteroatoms. The standard InChI is InChI=1S/C17H15F3N6OS/c1-9-15(28-8-22-9)24-16(27)23-11-4-5-14(21-7-11)26-12(10-2-3-10)6-13(25-26)17(18,19)20/h4-8,10H,2-3H2,1H3,(H2,23,24,27). The maximum Gasteiger partial charge on any atom is 0.435 e. The van der Waals surface area contributed by atoms with Crippen LogP contribution in [-0.2, 0) is 6.18 Å². The number of hydrogen-bond acceptors (Lipinski definition) is 5. The van der Waals surface area contributed by atoms with Crippen LogP contribution >= 0.6 is 11.3 Å². The first kappa shape index (κ1) is 18.4. The summed E-state index contributed by atoms with van der Waals surface area (Å²) in [5.41, 5.74) is 2.30. The Labute approximate surface area is 161 Å². The number of aromatic nitrogens is 4. The van der Waals surface area contributed by atoms with Crippen LogP contribution in [0.15, 0.2) is 29.9 Å². The summed E-state index contributed by atoms with van der Waals surface area (Å²) in [5.74, 6) is 0.332. The molecule has 3 aromatic rings. The molecule has 1 aliphatic carbocycles. The van der Waals surface area contributed by atoms with Gasteiger partial charge in [0.2, 0.25) is 0 Å². The SMILES string of the molecule is Cc1ncsc1NC(=O)Nc1ccc(-n2nc(C(F)(F)F)cc2C2CC2)nc1. The number of alkyl halides is 3. The highest BCUT2D eigenvalue weighted by Crippen LogP contribution is 2.42. The second-order valence-electron chi connectivity index (χ2n) is 6.39.